The molecule has 1 N–H and O–H groups in total. The number of rotatable bonds is 7. The van der Waals surface area contributed by atoms with Crippen LogP contribution in [0.15, 0.2) is 66.2 Å². The average molecular weight is 511 g/mol. The molecule has 0 atom stereocenters. The standard InChI is InChI=1S/C26H20ClFN2O6/c1-34-19-9-7-18(8-10-19)30-25(32)20(24(31)29-26(30)33)11-16-12-21(27)23(22(13-16)35-2)36-14-15-3-5-17(28)6-4-15/h3-13H,14H2,1-2H3,(H,29,31,33)/b20-11+. The van der Waals surface area contributed by atoms with Crippen molar-refractivity contribution in [3.8, 4) is 17.2 Å². The van der Waals surface area contributed by atoms with Gasteiger partial charge in [0, 0.05) is 0 Å². The first-order chi connectivity index (χ1) is 17.3. The van der Waals surface area contributed by atoms with Crippen LogP contribution in [0.2, 0.25) is 5.02 Å². The van der Waals surface area contributed by atoms with Crippen LogP contribution < -0.4 is 24.4 Å². The highest BCUT2D eigenvalue weighted by Gasteiger charge is 2.36. The van der Waals surface area contributed by atoms with E-state index in [-0.39, 0.29) is 40.2 Å². The van der Waals surface area contributed by atoms with Crippen molar-refractivity contribution in [2.24, 2.45) is 0 Å². The molecule has 3 aromatic carbocycles. The summed E-state index contributed by atoms with van der Waals surface area (Å²) in [5.41, 5.74) is 1.07. The summed E-state index contributed by atoms with van der Waals surface area (Å²) in [6.45, 7) is 0.108. The summed E-state index contributed by atoms with van der Waals surface area (Å²) in [6.07, 6.45) is 1.30. The summed E-state index contributed by atoms with van der Waals surface area (Å²) < 4.78 is 29.4. The number of urea groups is 1. The van der Waals surface area contributed by atoms with Crippen molar-refractivity contribution in [3.05, 3.63) is 88.2 Å². The van der Waals surface area contributed by atoms with Gasteiger partial charge in [-0.15, -0.1) is 0 Å². The van der Waals surface area contributed by atoms with E-state index in [1.807, 2.05) is 0 Å². The molecule has 184 valence electrons. The molecule has 8 nitrogen and oxygen atoms in total. The number of carbonyl (C=O) groups excluding carboxylic acids is 3. The molecule has 0 aromatic heterocycles. The van der Waals surface area contributed by atoms with Crippen molar-refractivity contribution in [2.75, 3.05) is 19.1 Å². The van der Waals surface area contributed by atoms with Gasteiger partial charge in [0.05, 0.1) is 24.9 Å². The molecular weight excluding hydrogens is 491 g/mol. The molecule has 0 saturated carbocycles. The lowest BCUT2D eigenvalue weighted by Gasteiger charge is -2.26. The third-order valence-corrected chi connectivity index (χ3v) is 5.57. The number of amides is 4. The molecule has 1 heterocycles. The lowest BCUT2D eigenvalue weighted by molar-refractivity contribution is -0.122. The third-order valence-electron chi connectivity index (χ3n) is 5.29. The van der Waals surface area contributed by atoms with Crippen LogP contribution in [0.4, 0.5) is 14.9 Å². The molecule has 4 rings (SSSR count). The van der Waals surface area contributed by atoms with Crippen LogP contribution in [0.1, 0.15) is 11.1 Å². The number of nitrogens with one attached hydrogen (secondary N) is 1. The van der Waals surface area contributed by atoms with E-state index < -0.39 is 17.8 Å². The second kappa shape index (κ2) is 10.5. The Morgan fingerprint density at radius 2 is 1.67 bits per heavy atom. The highest BCUT2D eigenvalue weighted by Crippen LogP contribution is 2.38. The number of ether oxygens (including phenoxy) is 3. The number of halogens is 2. The number of nitrogens with zero attached hydrogens (tertiary/aromatic N) is 1. The zero-order chi connectivity index (χ0) is 25.8. The molecule has 0 radical (unpaired) electrons. The van der Waals surface area contributed by atoms with Gasteiger partial charge in [-0.2, -0.15) is 0 Å². The van der Waals surface area contributed by atoms with Gasteiger partial charge in [-0.25, -0.2) is 14.1 Å². The minimum absolute atomic E-state index is 0.108. The number of barbiturate groups is 1. The van der Waals surface area contributed by atoms with E-state index in [4.69, 9.17) is 25.8 Å². The van der Waals surface area contributed by atoms with Crippen molar-refractivity contribution in [1.82, 2.24) is 5.32 Å². The van der Waals surface area contributed by atoms with Crippen molar-refractivity contribution >= 4 is 41.2 Å². The number of methoxy groups -OCH3 is 2. The molecule has 1 aliphatic rings. The molecule has 3 aromatic rings. The SMILES string of the molecule is COc1ccc(N2C(=O)NC(=O)/C(=C\c3cc(Cl)c(OCc4ccc(F)cc4)c(OC)c3)C2=O)cc1. The molecular formula is C26H20ClFN2O6. The normalized spacial score (nSPS) is 14.6. The second-order valence-electron chi connectivity index (χ2n) is 7.61. The van der Waals surface area contributed by atoms with E-state index in [9.17, 15) is 18.8 Å². The maximum Gasteiger partial charge on any atom is 0.335 e. The van der Waals surface area contributed by atoms with Crippen LogP contribution >= 0.6 is 11.6 Å². The first kappa shape index (κ1) is 24.7. The van der Waals surface area contributed by atoms with Crippen molar-refractivity contribution in [2.45, 2.75) is 6.61 Å². The minimum Gasteiger partial charge on any atom is -0.497 e. The van der Waals surface area contributed by atoms with E-state index in [0.717, 1.165) is 4.90 Å². The van der Waals surface area contributed by atoms with Crippen molar-refractivity contribution in [3.63, 3.8) is 0 Å². The van der Waals surface area contributed by atoms with Crippen LogP contribution in [0.5, 0.6) is 17.2 Å². The highest BCUT2D eigenvalue weighted by atomic mass is 35.5. The third kappa shape index (κ3) is 5.16. The highest BCUT2D eigenvalue weighted by molar-refractivity contribution is 6.39. The number of hydrogen-bond acceptors (Lipinski definition) is 6. The van der Waals surface area contributed by atoms with Gasteiger partial charge in [-0.1, -0.05) is 23.7 Å². The summed E-state index contributed by atoms with van der Waals surface area (Å²) in [5.74, 6) is -0.982. The Hall–Kier alpha value is -4.37. The molecule has 0 unspecified atom stereocenters. The van der Waals surface area contributed by atoms with Gasteiger partial charge in [0.2, 0.25) is 0 Å². The molecule has 1 fully saturated rings. The summed E-state index contributed by atoms with van der Waals surface area (Å²) in [4.78, 5) is 38.9. The summed E-state index contributed by atoms with van der Waals surface area (Å²) in [5, 5.41) is 2.33. The Morgan fingerprint density at radius 3 is 2.31 bits per heavy atom. The molecule has 0 aliphatic carbocycles. The summed E-state index contributed by atoms with van der Waals surface area (Å²) in [6, 6.07) is 14.2. The van der Waals surface area contributed by atoms with Crippen LogP contribution in [-0.4, -0.2) is 32.1 Å². The van der Waals surface area contributed by atoms with Gasteiger partial charge in [0.1, 0.15) is 23.7 Å². The molecule has 0 bridgehead atoms. The molecule has 10 heteroatoms. The number of hydrogen-bond donors (Lipinski definition) is 1. The monoisotopic (exact) mass is 510 g/mol. The van der Waals surface area contributed by atoms with Crippen LogP contribution in [0.25, 0.3) is 6.08 Å². The first-order valence-corrected chi connectivity index (χ1v) is 11.0. The maximum atomic E-state index is 13.1. The van der Waals surface area contributed by atoms with Gasteiger partial charge in [-0.05, 0) is 65.7 Å². The number of carbonyl (C=O) groups is 3. The number of anilines is 1. The lowest BCUT2D eigenvalue weighted by atomic mass is 10.1. The summed E-state index contributed by atoms with van der Waals surface area (Å²) >= 11 is 6.42. The van der Waals surface area contributed by atoms with Crippen LogP contribution in [-0.2, 0) is 16.2 Å². The van der Waals surface area contributed by atoms with Gasteiger partial charge < -0.3 is 14.2 Å². The molecule has 36 heavy (non-hydrogen) atoms. The zero-order valence-electron chi connectivity index (χ0n) is 19.2. The number of benzene rings is 3. The fourth-order valence-corrected chi connectivity index (χ4v) is 3.76. The quantitative estimate of drug-likeness (QED) is 0.364. The Labute approximate surface area is 210 Å². The fourth-order valence-electron chi connectivity index (χ4n) is 3.49. The minimum atomic E-state index is -0.868. The topological polar surface area (TPSA) is 94.2 Å². The molecule has 1 saturated heterocycles. The number of imide groups is 2. The Kier molecular flexibility index (Phi) is 7.21. The smallest absolute Gasteiger partial charge is 0.335 e. The Morgan fingerprint density at radius 1 is 0.972 bits per heavy atom. The molecule has 4 amide bonds. The maximum absolute atomic E-state index is 13.1. The predicted molar refractivity (Wildman–Crippen MR) is 131 cm³/mol. The van der Waals surface area contributed by atoms with Crippen LogP contribution in [0.3, 0.4) is 0 Å². The van der Waals surface area contributed by atoms with E-state index >= 15 is 0 Å². The van der Waals surface area contributed by atoms with Crippen molar-refractivity contribution in [1.29, 1.82) is 0 Å². The fraction of sp³-hybridized carbons (Fsp3) is 0.115. The molecule has 1 aliphatic heterocycles. The largest absolute Gasteiger partial charge is 0.497 e. The zero-order valence-corrected chi connectivity index (χ0v) is 20.0. The lowest BCUT2D eigenvalue weighted by Crippen LogP contribution is -2.54. The van der Waals surface area contributed by atoms with E-state index in [1.54, 1.807) is 24.3 Å². The molecule has 0 spiro atoms. The second-order valence-corrected chi connectivity index (χ2v) is 8.01. The van der Waals surface area contributed by atoms with E-state index in [1.165, 1.54) is 56.7 Å². The van der Waals surface area contributed by atoms with Crippen molar-refractivity contribution < 1.29 is 33.0 Å². The summed E-state index contributed by atoms with van der Waals surface area (Å²) in [7, 11) is 2.90. The van der Waals surface area contributed by atoms with Gasteiger partial charge in [0.15, 0.2) is 11.5 Å². The first-order valence-electron chi connectivity index (χ1n) is 10.6. The van der Waals surface area contributed by atoms with Gasteiger partial charge in [0.25, 0.3) is 11.8 Å². The Balaban J connectivity index is 1.62. The van der Waals surface area contributed by atoms with Crippen LogP contribution in [0, 0.1) is 5.82 Å². The average Bonchev–Trinajstić information content (AvgIpc) is 2.87. The van der Waals surface area contributed by atoms with Gasteiger partial charge >= 0.3 is 6.03 Å². The predicted octanol–water partition coefficient (Wildman–Crippen LogP) is 4.74. The van der Waals surface area contributed by atoms with E-state index in [0.29, 0.717) is 16.9 Å². The van der Waals surface area contributed by atoms with E-state index in [2.05, 4.69) is 5.32 Å². The van der Waals surface area contributed by atoms with Gasteiger partial charge in [-0.3, -0.25) is 14.9 Å². The Bertz CT molecular complexity index is 1360.